The molecule has 0 aliphatic carbocycles. The van der Waals surface area contributed by atoms with Crippen molar-refractivity contribution >= 4 is 11.9 Å². The minimum atomic E-state index is -0.978. The second-order valence-corrected chi connectivity index (χ2v) is 5.18. The molecule has 0 aliphatic heterocycles. The predicted octanol–water partition coefficient (Wildman–Crippen LogP) is 0.381. The summed E-state index contributed by atoms with van der Waals surface area (Å²) in [7, 11) is 0. The number of hydrogen-bond donors (Lipinski definition) is 2. The largest absolute Gasteiger partial charge is 0.481 e. The van der Waals surface area contributed by atoms with Crippen molar-refractivity contribution in [3.63, 3.8) is 0 Å². The molecule has 0 radical (unpaired) electrons. The highest BCUT2D eigenvalue weighted by molar-refractivity contribution is 5.80. The lowest BCUT2D eigenvalue weighted by Gasteiger charge is -2.23. The number of carboxylic acids is 1. The van der Waals surface area contributed by atoms with Crippen molar-refractivity contribution in [1.29, 1.82) is 0 Å². The Kier molecular flexibility index (Phi) is 4.05. The van der Waals surface area contributed by atoms with E-state index in [9.17, 15) is 9.59 Å². The highest BCUT2D eigenvalue weighted by Crippen LogP contribution is 2.08. The van der Waals surface area contributed by atoms with Crippen LogP contribution < -0.4 is 5.32 Å². The quantitative estimate of drug-likeness (QED) is 0.809. The molecule has 7 nitrogen and oxygen atoms in total. The van der Waals surface area contributed by atoms with Gasteiger partial charge in [-0.25, -0.2) is 4.68 Å². The summed E-state index contributed by atoms with van der Waals surface area (Å²) in [5, 5.41) is 18.9. The third kappa shape index (κ3) is 4.15. The summed E-state index contributed by atoms with van der Waals surface area (Å²) >= 11 is 0. The molecule has 18 heavy (non-hydrogen) atoms. The van der Waals surface area contributed by atoms with E-state index in [-0.39, 0.29) is 17.9 Å². The first-order chi connectivity index (χ1) is 8.19. The van der Waals surface area contributed by atoms with E-state index < -0.39 is 12.0 Å². The van der Waals surface area contributed by atoms with Crippen molar-refractivity contribution in [3.8, 4) is 0 Å². The van der Waals surface area contributed by atoms with Crippen LogP contribution >= 0.6 is 0 Å². The Morgan fingerprint density at radius 2 is 2.11 bits per heavy atom. The molecule has 100 valence electrons. The summed E-state index contributed by atoms with van der Waals surface area (Å²) in [6, 6.07) is -0.528. The van der Waals surface area contributed by atoms with Crippen LogP contribution in [0.2, 0.25) is 0 Å². The minimum absolute atomic E-state index is 0.186. The van der Waals surface area contributed by atoms with Gasteiger partial charge in [0, 0.05) is 11.7 Å². The van der Waals surface area contributed by atoms with Gasteiger partial charge in [-0.1, -0.05) is 5.21 Å². The number of rotatable bonds is 4. The fraction of sp³-hybridized carbons (Fsp3) is 0.636. The second kappa shape index (κ2) is 5.16. The molecule has 2 N–H and O–H groups in total. The number of aliphatic carboxylic acids is 1. The standard InChI is InChI=1S/C11H18N4O3/c1-7(10(18)12-11(2,3)4)15-6-8(13-14-15)5-9(16)17/h6-7H,5H2,1-4H3,(H,12,18)(H,16,17). The molecule has 0 spiro atoms. The zero-order valence-electron chi connectivity index (χ0n) is 11.0. The number of carboxylic acid groups (broad SMARTS) is 1. The number of nitrogens with one attached hydrogen (secondary N) is 1. The Morgan fingerprint density at radius 3 is 2.61 bits per heavy atom. The lowest BCUT2D eigenvalue weighted by molar-refractivity contribution is -0.136. The van der Waals surface area contributed by atoms with Gasteiger partial charge in [0.05, 0.1) is 12.1 Å². The fourth-order valence-corrected chi connectivity index (χ4v) is 1.33. The smallest absolute Gasteiger partial charge is 0.309 e. The number of hydrogen-bond acceptors (Lipinski definition) is 4. The third-order valence-corrected chi connectivity index (χ3v) is 2.16. The van der Waals surface area contributed by atoms with Crippen LogP contribution in [0.3, 0.4) is 0 Å². The average Bonchev–Trinajstić information content (AvgIpc) is 2.61. The normalized spacial score (nSPS) is 13.1. The zero-order chi connectivity index (χ0) is 13.9. The zero-order valence-corrected chi connectivity index (χ0v) is 11.0. The fourth-order valence-electron chi connectivity index (χ4n) is 1.33. The monoisotopic (exact) mass is 254 g/mol. The van der Waals surface area contributed by atoms with Gasteiger partial charge >= 0.3 is 5.97 Å². The Balaban J connectivity index is 2.72. The van der Waals surface area contributed by atoms with Crippen LogP contribution in [-0.4, -0.2) is 37.5 Å². The molecule has 1 unspecified atom stereocenters. The van der Waals surface area contributed by atoms with Crippen LogP contribution in [0.15, 0.2) is 6.20 Å². The van der Waals surface area contributed by atoms with E-state index in [1.807, 2.05) is 20.8 Å². The highest BCUT2D eigenvalue weighted by atomic mass is 16.4. The maximum atomic E-state index is 11.9. The van der Waals surface area contributed by atoms with Crippen molar-refractivity contribution in [2.24, 2.45) is 0 Å². The SMILES string of the molecule is CC(C(=O)NC(C)(C)C)n1cc(CC(=O)O)nn1. The molecule has 0 aromatic carbocycles. The number of nitrogens with zero attached hydrogens (tertiary/aromatic N) is 3. The molecule has 1 rings (SSSR count). The summed E-state index contributed by atoms with van der Waals surface area (Å²) in [5.74, 6) is -1.16. The van der Waals surface area contributed by atoms with E-state index in [4.69, 9.17) is 5.11 Å². The van der Waals surface area contributed by atoms with Crippen molar-refractivity contribution in [1.82, 2.24) is 20.3 Å². The summed E-state index contributed by atoms with van der Waals surface area (Å²) in [4.78, 5) is 22.4. The van der Waals surface area contributed by atoms with E-state index in [1.165, 1.54) is 10.9 Å². The Labute approximate surface area is 105 Å². The van der Waals surface area contributed by atoms with Gasteiger partial charge in [-0.2, -0.15) is 0 Å². The van der Waals surface area contributed by atoms with Gasteiger partial charge < -0.3 is 10.4 Å². The summed E-state index contributed by atoms with van der Waals surface area (Å²) in [5.41, 5.74) is 0.00780. The third-order valence-electron chi connectivity index (χ3n) is 2.16. The van der Waals surface area contributed by atoms with Crippen LogP contribution in [0.4, 0.5) is 0 Å². The first kappa shape index (κ1) is 14.1. The molecule has 0 bridgehead atoms. The molecule has 0 fully saturated rings. The Morgan fingerprint density at radius 1 is 1.50 bits per heavy atom. The maximum Gasteiger partial charge on any atom is 0.309 e. The van der Waals surface area contributed by atoms with Crippen LogP contribution in [-0.2, 0) is 16.0 Å². The topological polar surface area (TPSA) is 97.1 Å². The van der Waals surface area contributed by atoms with Crippen molar-refractivity contribution in [3.05, 3.63) is 11.9 Å². The van der Waals surface area contributed by atoms with Crippen molar-refractivity contribution in [2.75, 3.05) is 0 Å². The minimum Gasteiger partial charge on any atom is -0.481 e. The van der Waals surface area contributed by atoms with Crippen molar-refractivity contribution in [2.45, 2.75) is 45.7 Å². The van der Waals surface area contributed by atoms with Gasteiger partial charge in [0.1, 0.15) is 6.04 Å². The Hall–Kier alpha value is -1.92. The lowest BCUT2D eigenvalue weighted by atomic mass is 10.1. The van der Waals surface area contributed by atoms with E-state index in [2.05, 4.69) is 15.6 Å². The van der Waals surface area contributed by atoms with Crippen molar-refractivity contribution < 1.29 is 14.7 Å². The molecule has 0 saturated carbocycles. The average molecular weight is 254 g/mol. The van der Waals surface area contributed by atoms with E-state index in [0.717, 1.165) is 0 Å². The van der Waals surface area contributed by atoms with Gasteiger partial charge in [0.15, 0.2) is 0 Å². The summed E-state index contributed by atoms with van der Waals surface area (Å²) < 4.78 is 1.36. The molecular formula is C11H18N4O3. The van der Waals surface area contributed by atoms with Gasteiger partial charge in [-0.05, 0) is 27.7 Å². The Bertz CT molecular complexity index is 447. The number of carbonyl (C=O) groups is 2. The molecule has 1 aromatic rings. The first-order valence-corrected chi connectivity index (χ1v) is 5.63. The molecule has 1 heterocycles. The molecule has 7 heteroatoms. The predicted molar refractivity (Wildman–Crippen MR) is 64.0 cm³/mol. The molecule has 0 aliphatic rings. The first-order valence-electron chi connectivity index (χ1n) is 5.63. The molecule has 1 amide bonds. The van der Waals surface area contributed by atoms with E-state index in [1.54, 1.807) is 6.92 Å². The van der Waals surface area contributed by atoms with Gasteiger partial charge in [-0.15, -0.1) is 5.10 Å². The second-order valence-electron chi connectivity index (χ2n) is 5.18. The van der Waals surface area contributed by atoms with Gasteiger partial charge in [0.2, 0.25) is 5.91 Å². The number of amides is 1. The van der Waals surface area contributed by atoms with Gasteiger partial charge in [-0.3, -0.25) is 9.59 Å². The summed E-state index contributed by atoms with van der Waals surface area (Å²) in [6.45, 7) is 7.33. The number of aromatic nitrogens is 3. The van der Waals surface area contributed by atoms with Gasteiger partial charge in [0.25, 0.3) is 0 Å². The van der Waals surface area contributed by atoms with Crippen LogP contribution in [0.25, 0.3) is 0 Å². The summed E-state index contributed by atoms with van der Waals surface area (Å²) in [6.07, 6.45) is 1.27. The molecular weight excluding hydrogens is 236 g/mol. The van der Waals surface area contributed by atoms with E-state index >= 15 is 0 Å². The van der Waals surface area contributed by atoms with Crippen LogP contribution in [0.1, 0.15) is 39.4 Å². The van der Waals surface area contributed by atoms with E-state index in [0.29, 0.717) is 5.69 Å². The van der Waals surface area contributed by atoms with Crippen LogP contribution in [0.5, 0.6) is 0 Å². The molecule has 1 aromatic heterocycles. The highest BCUT2D eigenvalue weighted by Gasteiger charge is 2.21. The van der Waals surface area contributed by atoms with Crippen LogP contribution in [0, 0.1) is 0 Å². The lowest BCUT2D eigenvalue weighted by Crippen LogP contribution is -2.43. The maximum absolute atomic E-state index is 11.9. The molecule has 0 saturated heterocycles. The number of carbonyl (C=O) groups excluding carboxylic acids is 1. The molecule has 1 atom stereocenters.